The number of morpholine rings is 1. The standard InChI is InChI=1S/C29H32F3N5O3/c1-17-10-18(12-20(11-17)36-29(38)39)22-4-5-33-16-26(22)34-15-19-2-3-23(30)28(35-19)27-24(31)13-21(14-25(27)32)37-6-8-40-9-7-37/h2-5,13-14,16-18,20,34,36H,6-12,15H2,1H3,(H,38,39)/t17-,18+,20-/m0/s1. The summed E-state index contributed by atoms with van der Waals surface area (Å²) in [4.78, 5) is 21.5. The molecule has 1 aromatic carbocycles. The lowest BCUT2D eigenvalue weighted by atomic mass is 9.76. The predicted molar refractivity (Wildman–Crippen MR) is 145 cm³/mol. The van der Waals surface area contributed by atoms with E-state index in [0.717, 1.165) is 30.2 Å². The fourth-order valence-corrected chi connectivity index (χ4v) is 5.79. The van der Waals surface area contributed by atoms with E-state index in [1.54, 1.807) is 12.4 Å². The minimum absolute atomic E-state index is 0.107. The Balaban J connectivity index is 1.35. The van der Waals surface area contributed by atoms with Crippen molar-refractivity contribution < 1.29 is 27.8 Å². The van der Waals surface area contributed by atoms with Gasteiger partial charge >= 0.3 is 6.09 Å². The lowest BCUT2D eigenvalue weighted by molar-refractivity contribution is 0.122. The molecule has 8 nitrogen and oxygen atoms in total. The third-order valence-electron chi connectivity index (χ3n) is 7.57. The molecular formula is C29H32F3N5O3. The summed E-state index contributed by atoms with van der Waals surface area (Å²) < 4.78 is 50.4. The summed E-state index contributed by atoms with van der Waals surface area (Å²) in [6.45, 7) is 4.23. The second kappa shape index (κ2) is 12.1. The van der Waals surface area contributed by atoms with Crippen LogP contribution in [0.3, 0.4) is 0 Å². The molecule has 1 aliphatic carbocycles. The van der Waals surface area contributed by atoms with Gasteiger partial charge in [0.15, 0.2) is 0 Å². The van der Waals surface area contributed by atoms with Crippen molar-refractivity contribution in [3.8, 4) is 11.3 Å². The highest BCUT2D eigenvalue weighted by Crippen LogP contribution is 2.39. The number of hydrogen-bond acceptors (Lipinski definition) is 6. The molecule has 3 N–H and O–H groups in total. The van der Waals surface area contributed by atoms with Crippen LogP contribution in [0.25, 0.3) is 11.3 Å². The molecular weight excluding hydrogens is 523 g/mol. The molecule has 212 valence electrons. The number of pyridine rings is 2. The van der Waals surface area contributed by atoms with Crippen molar-refractivity contribution >= 4 is 17.5 Å². The number of carboxylic acid groups (broad SMARTS) is 1. The molecule has 5 rings (SSSR count). The Kier molecular flexibility index (Phi) is 8.39. The molecule has 2 fully saturated rings. The summed E-state index contributed by atoms with van der Waals surface area (Å²) in [7, 11) is 0. The Hall–Kier alpha value is -3.86. The number of ether oxygens (including phenoxy) is 1. The summed E-state index contributed by atoms with van der Waals surface area (Å²) in [6, 6.07) is 6.80. The Morgan fingerprint density at radius 1 is 1.07 bits per heavy atom. The first-order valence-corrected chi connectivity index (χ1v) is 13.4. The molecule has 0 unspecified atom stereocenters. The first-order valence-electron chi connectivity index (χ1n) is 13.4. The quantitative estimate of drug-likeness (QED) is 0.352. The topological polar surface area (TPSA) is 99.6 Å². The molecule has 2 aromatic heterocycles. The third-order valence-corrected chi connectivity index (χ3v) is 7.57. The number of amides is 1. The van der Waals surface area contributed by atoms with Gasteiger partial charge in [-0.2, -0.15) is 0 Å². The lowest BCUT2D eigenvalue weighted by Gasteiger charge is -2.34. The summed E-state index contributed by atoms with van der Waals surface area (Å²) in [6.07, 6.45) is 4.68. The van der Waals surface area contributed by atoms with Crippen molar-refractivity contribution in [3.05, 3.63) is 71.4 Å². The smallest absolute Gasteiger partial charge is 0.404 e. The Morgan fingerprint density at radius 2 is 1.82 bits per heavy atom. The van der Waals surface area contributed by atoms with Gasteiger partial charge in [0, 0.05) is 31.0 Å². The monoisotopic (exact) mass is 555 g/mol. The van der Waals surface area contributed by atoms with Crippen LogP contribution in [0.5, 0.6) is 0 Å². The van der Waals surface area contributed by atoms with Crippen LogP contribution in [-0.2, 0) is 11.3 Å². The third kappa shape index (κ3) is 6.30. The number of nitrogens with zero attached hydrogens (tertiary/aromatic N) is 3. The van der Waals surface area contributed by atoms with Crippen molar-refractivity contribution in [2.75, 3.05) is 36.5 Å². The van der Waals surface area contributed by atoms with Crippen LogP contribution < -0.4 is 15.5 Å². The van der Waals surface area contributed by atoms with Crippen LogP contribution >= 0.6 is 0 Å². The number of anilines is 2. The predicted octanol–water partition coefficient (Wildman–Crippen LogP) is 5.55. The summed E-state index contributed by atoms with van der Waals surface area (Å²) in [5.74, 6) is -2.16. The normalized spacial score (nSPS) is 21.2. The average Bonchev–Trinajstić information content (AvgIpc) is 2.93. The molecule has 1 amide bonds. The molecule has 2 aliphatic rings. The molecule has 0 bridgehead atoms. The van der Waals surface area contributed by atoms with Gasteiger partial charge in [0.25, 0.3) is 0 Å². The van der Waals surface area contributed by atoms with Crippen molar-refractivity contribution in [3.63, 3.8) is 0 Å². The van der Waals surface area contributed by atoms with Crippen LogP contribution in [0.2, 0.25) is 0 Å². The fourth-order valence-electron chi connectivity index (χ4n) is 5.79. The Morgan fingerprint density at radius 3 is 2.55 bits per heavy atom. The number of rotatable bonds is 7. The van der Waals surface area contributed by atoms with E-state index in [9.17, 15) is 14.3 Å². The maximum atomic E-state index is 15.1. The molecule has 11 heteroatoms. The van der Waals surface area contributed by atoms with Crippen molar-refractivity contribution in [1.29, 1.82) is 0 Å². The second-order valence-corrected chi connectivity index (χ2v) is 10.5. The van der Waals surface area contributed by atoms with Crippen LogP contribution in [0.15, 0.2) is 42.7 Å². The highest BCUT2D eigenvalue weighted by atomic mass is 19.1. The van der Waals surface area contributed by atoms with Gasteiger partial charge < -0.3 is 25.4 Å². The number of carbonyl (C=O) groups is 1. The van der Waals surface area contributed by atoms with E-state index in [4.69, 9.17) is 4.74 Å². The molecule has 0 spiro atoms. The number of benzene rings is 1. The van der Waals surface area contributed by atoms with Crippen molar-refractivity contribution in [2.45, 2.75) is 44.7 Å². The second-order valence-electron chi connectivity index (χ2n) is 10.5. The van der Waals surface area contributed by atoms with E-state index in [0.29, 0.717) is 50.0 Å². The number of halogens is 3. The van der Waals surface area contributed by atoms with E-state index >= 15 is 8.78 Å². The highest BCUT2D eigenvalue weighted by Gasteiger charge is 2.30. The van der Waals surface area contributed by atoms with E-state index in [1.165, 1.54) is 18.2 Å². The number of hydrogen-bond donors (Lipinski definition) is 3. The van der Waals surface area contributed by atoms with Gasteiger partial charge in [-0.3, -0.25) is 4.98 Å². The molecule has 0 radical (unpaired) electrons. The maximum absolute atomic E-state index is 15.1. The molecule has 1 saturated carbocycles. The minimum atomic E-state index is -1.03. The minimum Gasteiger partial charge on any atom is -0.465 e. The zero-order valence-electron chi connectivity index (χ0n) is 22.2. The Labute approximate surface area is 230 Å². The fraction of sp³-hybridized carbons (Fsp3) is 0.414. The van der Waals surface area contributed by atoms with Gasteiger partial charge in [0.05, 0.1) is 42.9 Å². The van der Waals surface area contributed by atoms with Gasteiger partial charge in [-0.1, -0.05) is 6.92 Å². The van der Waals surface area contributed by atoms with Crippen molar-refractivity contribution in [1.82, 2.24) is 15.3 Å². The van der Waals surface area contributed by atoms with Gasteiger partial charge in [0.2, 0.25) is 0 Å². The number of nitrogens with one attached hydrogen (secondary N) is 2. The van der Waals surface area contributed by atoms with Gasteiger partial charge in [-0.15, -0.1) is 0 Å². The zero-order valence-corrected chi connectivity index (χ0v) is 22.2. The van der Waals surface area contributed by atoms with Gasteiger partial charge in [-0.05, 0) is 67.0 Å². The number of aromatic nitrogens is 2. The highest BCUT2D eigenvalue weighted by molar-refractivity contribution is 5.66. The summed E-state index contributed by atoms with van der Waals surface area (Å²) in [5.41, 5.74) is 1.61. The maximum Gasteiger partial charge on any atom is 0.404 e. The Bertz CT molecular complexity index is 1350. The SMILES string of the molecule is C[C@@H]1C[C@H](NC(=O)O)C[C@H](c2ccncc2NCc2ccc(F)c(-c3c(F)cc(N4CCOCC4)cc3F)n2)C1. The van der Waals surface area contributed by atoms with E-state index in [1.807, 2.05) is 11.0 Å². The molecule has 1 saturated heterocycles. The van der Waals surface area contributed by atoms with E-state index in [2.05, 4.69) is 27.5 Å². The van der Waals surface area contributed by atoms with E-state index < -0.39 is 34.8 Å². The van der Waals surface area contributed by atoms with Crippen LogP contribution in [0, 0.1) is 23.4 Å². The summed E-state index contributed by atoms with van der Waals surface area (Å²) in [5, 5.41) is 15.1. The summed E-state index contributed by atoms with van der Waals surface area (Å²) >= 11 is 0. The van der Waals surface area contributed by atoms with E-state index in [-0.39, 0.29) is 18.5 Å². The molecule has 3 aromatic rings. The average molecular weight is 556 g/mol. The van der Waals surface area contributed by atoms with Crippen LogP contribution in [0.4, 0.5) is 29.3 Å². The van der Waals surface area contributed by atoms with Crippen LogP contribution in [-0.4, -0.2) is 53.5 Å². The lowest BCUT2D eigenvalue weighted by Crippen LogP contribution is -2.39. The largest absolute Gasteiger partial charge is 0.465 e. The first kappa shape index (κ1) is 27.7. The van der Waals surface area contributed by atoms with Crippen molar-refractivity contribution in [2.24, 2.45) is 5.92 Å². The van der Waals surface area contributed by atoms with Crippen LogP contribution in [0.1, 0.15) is 43.4 Å². The molecule has 3 heterocycles. The zero-order chi connectivity index (χ0) is 28.2. The van der Waals surface area contributed by atoms with Gasteiger partial charge in [0.1, 0.15) is 23.1 Å². The molecule has 1 aliphatic heterocycles. The molecule has 3 atom stereocenters. The first-order chi connectivity index (χ1) is 19.3. The molecule has 40 heavy (non-hydrogen) atoms. The van der Waals surface area contributed by atoms with Gasteiger partial charge in [-0.25, -0.2) is 22.9 Å².